The van der Waals surface area contributed by atoms with Crippen LogP contribution in [0.3, 0.4) is 0 Å². The number of amides is 2. The molecule has 0 spiro atoms. The SMILES string of the molecule is CC(C)NC(C(=O)N1CCC(O)C1)C(C)(C)C.Cc1ncsc1-c1ccc(CNC=O)cc1. The molecule has 1 aliphatic rings. The summed E-state index contributed by atoms with van der Waals surface area (Å²) in [6, 6.07) is 8.24. The number of rotatable bonds is 7. The van der Waals surface area contributed by atoms with Crippen molar-refractivity contribution in [3.63, 3.8) is 0 Å². The Kier molecular flexibility index (Phi) is 10.0. The molecule has 8 heteroatoms. The van der Waals surface area contributed by atoms with Gasteiger partial charge in [-0.25, -0.2) is 4.98 Å². The molecular weight excluding hydrogens is 436 g/mol. The van der Waals surface area contributed by atoms with Crippen molar-refractivity contribution in [2.75, 3.05) is 13.1 Å². The predicted octanol–water partition coefficient (Wildman–Crippen LogP) is 3.36. The van der Waals surface area contributed by atoms with E-state index in [0.717, 1.165) is 11.3 Å². The van der Waals surface area contributed by atoms with Gasteiger partial charge in [0.1, 0.15) is 0 Å². The molecule has 0 saturated carbocycles. The normalized spacial score (nSPS) is 16.8. The van der Waals surface area contributed by atoms with Gasteiger partial charge in [0.25, 0.3) is 0 Å². The highest BCUT2D eigenvalue weighted by Gasteiger charge is 2.36. The third-order valence-corrected chi connectivity index (χ3v) is 6.42. The molecule has 2 amide bonds. The lowest BCUT2D eigenvalue weighted by atomic mass is 9.85. The van der Waals surface area contributed by atoms with E-state index in [1.54, 1.807) is 16.2 Å². The van der Waals surface area contributed by atoms with Gasteiger partial charge in [-0.1, -0.05) is 58.9 Å². The number of carbonyl (C=O) groups is 2. The number of benzene rings is 1. The molecule has 7 nitrogen and oxygen atoms in total. The Labute approximate surface area is 201 Å². The number of aliphatic hydroxyl groups excluding tert-OH is 1. The van der Waals surface area contributed by atoms with E-state index in [0.29, 0.717) is 32.5 Å². The summed E-state index contributed by atoms with van der Waals surface area (Å²) in [5.74, 6) is 0.114. The predicted molar refractivity (Wildman–Crippen MR) is 134 cm³/mol. The highest BCUT2D eigenvalue weighted by Crippen LogP contribution is 2.27. The average molecular weight is 475 g/mol. The second-order valence-electron chi connectivity index (χ2n) is 9.81. The van der Waals surface area contributed by atoms with E-state index in [2.05, 4.69) is 48.5 Å². The van der Waals surface area contributed by atoms with Gasteiger partial charge >= 0.3 is 0 Å². The third-order valence-electron chi connectivity index (χ3n) is 5.44. The van der Waals surface area contributed by atoms with Gasteiger partial charge in [-0.05, 0) is 29.9 Å². The van der Waals surface area contributed by atoms with Crippen LogP contribution in [0.15, 0.2) is 29.8 Å². The van der Waals surface area contributed by atoms with Gasteiger partial charge < -0.3 is 20.6 Å². The molecule has 33 heavy (non-hydrogen) atoms. The quantitative estimate of drug-likeness (QED) is 0.535. The van der Waals surface area contributed by atoms with Crippen LogP contribution in [0.4, 0.5) is 0 Å². The number of hydrogen-bond donors (Lipinski definition) is 3. The second kappa shape index (κ2) is 12.3. The smallest absolute Gasteiger partial charge is 0.240 e. The van der Waals surface area contributed by atoms with E-state index in [9.17, 15) is 14.7 Å². The average Bonchev–Trinajstić information content (AvgIpc) is 3.38. The number of nitrogens with zero attached hydrogens (tertiary/aromatic N) is 2. The zero-order valence-electron chi connectivity index (χ0n) is 20.6. The van der Waals surface area contributed by atoms with Crippen molar-refractivity contribution in [3.8, 4) is 10.4 Å². The number of aromatic nitrogens is 1. The maximum absolute atomic E-state index is 12.4. The van der Waals surface area contributed by atoms with Crippen molar-refractivity contribution >= 4 is 23.7 Å². The fourth-order valence-corrected chi connectivity index (χ4v) is 4.47. The molecule has 1 aromatic heterocycles. The summed E-state index contributed by atoms with van der Waals surface area (Å²) >= 11 is 1.64. The molecule has 0 bridgehead atoms. The van der Waals surface area contributed by atoms with Gasteiger partial charge in [-0.15, -0.1) is 11.3 Å². The summed E-state index contributed by atoms with van der Waals surface area (Å²) in [5.41, 5.74) is 5.07. The van der Waals surface area contributed by atoms with Gasteiger partial charge in [0, 0.05) is 25.7 Å². The number of aliphatic hydroxyl groups is 1. The topological polar surface area (TPSA) is 94.6 Å². The second-order valence-corrected chi connectivity index (χ2v) is 10.7. The first-order valence-electron chi connectivity index (χ1n) is 11.4. The van der Waals surface area contributed by atoms with Gasteiger partial charge in [0.15, 0.2) is 0 Å². The Morgan fingerprint density at radius 1 is 1.30 bits per heavy atom. The third kappa shape index (κ3) is 8.21. The monoisotopic (exact) mass is 474 g/mol. The number of nitrogens with one attached hydrogen (secondary N) is 2. The molecule has 0 radical (unpaired) electrons. The van der Waals surface area contributed by atoms with E-state index in [-0.39, 0.29) is 29.5 Å². The van der Waals surface area contributed by atoms with Crippen molar-refractivity contribution in [1.82, 2.24) is 20.5 Å². The first-order valence-corrected chi connectivity index (χ1v) is 12.3. The number of β-amino-alcohol motifs (C(OH)–C–C–N with tert-alkyl or cyclic N) is 1. The van der Waals surface area contributed by atoms with Crippen molar-refractivity contribution in [1.29, 1.82) is 0 Å². The van der Waals surface area contributed by atoms with Gasteiger partial charge in [-0.3, -0.25) is 9.59 Å². The lowest BCUT2D eigenvalue weighted by Gasteiger charge is -2.34. The molecule has 1 aromatic carbocycles. The number of hydrogen-bond acceptors (Lipinski definition) is 6. The fraction of sp³-hybridized carbons (Fsp3) is 0.560. The molecule has 1 aliphatic heterocycles. The summed E-state index contributed by atoms with van der Waals surface area (Å²) in [5, 5.41) is 15.5. The van der Waals surface area contributed by atoms with Gasteiger partial charge in [0.2, 0.25) is 12.3 Å². The van der Waals surface area contributed by atoms with Gasteiger partial charge in [0.05, 0.1) is 28.2 Å². The number of thiazole rings is 1. The Morgan fingerprint density at radius 3 is 2.42 bits per heavy atom. The Hall–Kier alpha value is -2.29. The van der Waals surface area contributed by atoms with Crippen molar-refractivity contribution in [3.05, 3.63) is 41.0 Å². The first-order chi connectivity index (χ1) is 15.5. The zero-order valence-corrected chi connectivity index (χ0v) is 21.4. The summed E-state index contributed by atoms with van der Waals surface area (Å²) in [6.45, 7) is 14.0. The van der Waals surface area contributed by atoms with E-state index < -0.39 is 0 Å². The van der Waals surface area contributed by atoms with E-state index in [1.807, 2.05) is 38.4 Å². The molecule has 1 fully saturated rings. The van der Waals surface area contributed by atoms with Crippen LogP contribution < -0.4 is 10.6 Å². The molecule has 0 aliphatic carbocycles. The minimum Gasteiger partial charge on any atom is -0.391 e. The molecule has 2 heterocycles. The summed E-state index contributed by atoms with van der Waals surface area (Å²) < 4.78 is 0. The van der Waals surface area contributed by atoms with Crippen molar-refractivity contribution in [2.24, 2.45) is 5.41 Å². The maximum atomic E-state index is 12.4. The summed E-state index contributed by atoms with van der Waals surface area (Å²) in [4.78, 5) is 29.8. The first kappa shape index (κ1) is 27.0. The number of likely N-dealkylation sites (tertiary alicyclic amines) is 1. The summed E-state index contributed by atoms with van der Waals surface area (Å²) in [6.07, 6.45) is 1.06. The molecule has 2 aromatic rings. The summed E-state index contributed by atoms with van der Waals surface area (Å²) in [7, 11) is 0. The van der Waals surface area contributed by atoms with Crippen molar-refractivity contribution < 1.29 is 14.7 Å². The maximum Gasteiger partial charge on any atom is 0.240 e. The molecule has 1 saturated heterocycles. The van der Waals surface area contributed by atoms with E-state index >= 15 is 0 Å². The highest BCUT2D eigenvalue weighted by molar-refractivity contribution is 7.13. The standard InChI is InChI=1S/C13H26N2O2.C12H12N2OS/c1-9(2)14-11(13(3,4)5)12(17)15-7-6-10(16)8-15;1-9-12(16-8-14-9)11-4-2-10(3-5-11)6-13-7-15/h9-11,14,16H,6-8H2,1-5H3;2-5,7-8H,6H2,1H3,(H,13,15). The van der Waals surface area contributed by atoms with Crippen LogP contribution in [0.1, 0.15) is 52.3 Å². The lowest BCUT2D eigenvalue weighted by Crippen LogP contribution is -2.54. The molecular formula is C25H38N4O3S. The Morgan fingerprint density at radius 2 is 1.97 bits per heavy atom. The van der Waals surface area contributed by atoms with E-state index in [1.165, 1.54) is 10.4 Å². The Balaban J connectivity index is 0.000000234. The highest BCUT2D eigenvalue weighted by atomic mass is 32.1. The van der Waals surface area contributed by atoms with E-state index in [4.69, 9.17) is 0 Å². The van der Waals surface area contributed by atoms with Crippen LogP contribution >= 0.6 is 11.3 Å². The van der Waals surface area contributed by atoms with Crippen LogP contribution in [-0.4, -0.2) is 58.6 Å². The van der Waals surface area contributed by atoms with Gasteiger partial charge in [-0.2, -0.15) is 0 Å². The fourth-order valence-electron chi connectivity index (χ4n) is 3.66. The molecule has 182 valence electrons. The van der Waals surface area contributed by atoms with Crippen LogP contribution in [0.25, 0.3) is 10.4 Å². The van der Waals surface area contributed by atoms with Crippen molar-refractivity contribution in [2.45, 2.75) is 72.7 Å². The van der Waals surface area contributed by atoms with Crippen LogP contribution in [0, 0.1) is 12.3 Å². The van der Waals surface area contributed by atoms with Crippen LogP contribution in [-0.2, 0) is 16.1 Å². The largest absolute Gasteiger partial charge is 0.391 e. The lowest BCUT2D eigenvalue weighted by molar-refractivity contribution is -0.135. The molecule has 2 atom stereocenters. The van der Waals surface area contributed by atoms with Crippen LogP contribution in [0.2, 0.25) is 0 Å². The molecule has 3 rings (SSSR count). The number of carbonyl (C=O) groups excluding carboxylic acids is 2. The molecule has 2 unspecified atom stereocenters. The minimum absolute atomic E-state index is 0.114. The van der Waals surface area contributed by atoms with Crippen LogP contribution in [0.5, 0.6) is 0 Å². The molecule has 3 N–H and O–H groups in total. The number of aryl methyl sites for hydroxylation is 1. The minimum atomic E-state index is -0.349. The Bertz CT molecular complexity index is 890. The zero-order chi connectivity index (χ0) is 24.6.